The molecule has 0 bridgehead atoms. The number of esters is 1. The van der Waals surface area contributed by atoms with Crippen molar-refractivity contribution in [1.29, 1.82) is 0 Å². The second kappa shape index (κ2) is 7.91. The van der Waals surface area contributed by atoms with Crippen molar-refractivity contribution in [3.05, 3.63) is 59.5 Å². The van der Waals surface area contributed by atoms with Crippen molar-refractivity contribution in [2.45, 2.75) is 37.5 Å². The van der Waals surface area contributed by atoms with Crippen LogP contribution in [0.2, 0.25) is 0 Å². The van der Waals surface area contributed by atoms with Crippen molar-refractivity contribution in [2.24, 2.45) is 0 Å². The maximum absolute atomic E-state index is 13.0. The minimum atomic E-state index is -3.87. The zero-order valence-corrected chi connectivity index (χ0v) is 17.4. The van der Waals surface area contributed by atoms with Crippen LogP contribution < -0.4 is 4.72 Å². The molecule has 1 fully saturated rings. The van der Waals surface area contributed by atoms with Gasteiger partial charge >= 0.3 is 5.97 Å². The lowest BCUT2D eigenvalue weighted by Crippen LogP contribution is -2.14. The molecular formula is C21H21N3O5S. The van der Waals surface area contributed by atoms with Gasteiger partial charge in [0.05, 0.1) is 17.1 Å². The summed E-state index contributed by atoms with van der Waals surface area (Å²) >= 11 is 0. The molecule has 4 rings (SSSR count). The maximum Gasteiger partial charge on any atom is 0.338 e. The summed E-state index contributed by atoms with van der Waals surface area (Å²) in [5.74, 6) is 0.821. The van der Waals surface area contributed by atoms with E-state index in [1.165, 1.54) is 30.3 Å². The van der Waals surface area contributed by atoms with Crippen molar-refractivity contribution < 1.29 is 22.5 Å². The quantitative estimate of drug-likeness (QED) is 0.569. The molecule has 1 aromatic heterocycles. The number of anilines is 1. The van der Waals surface area contributed by atoms with Gasteiger partial charge in [0.15, 0.2) is 0 Å². The summed E-state index contributed by atoms with van der Waals surface area (Å²) in [6, 6.07) is 11.1. The third-order valence-electron chi connectivity index (χ3n) is 4.75. The first-order valence-corrected chi connectivity index (χ1v) is 11.1. The number of aromatic nitrogens is 2. The van der Waals surface area contributed by atoms with E-state index in [4.69, 9.17) is 9.26 Å². The zero-order valence-electron chi connectivity index (χ0n) is 16.6. The fraction of sp³-hybridized carbons (Fsp3) is 0.286. The fourth-order valence-corrected chi connectivity index (χ4v) is 4.31. The minimum Gasteiger partial charge on any atom is -0.462 e. The molecule has 1 N–H and O–H groups in total. The number of ether oxygens (including phenoxy) is 1. The lowest BCUT2D eigenvalue weighted by molar-refractivity contribution is 0.0526. The predicted molar refractivity (Wildman–Crippen MR) is 110 cm³/mol. The standard InChI is InChI=1S/C21H21N3O5S/c1-3-28-21(25)15-8-10-17(11-9-15)24-30(26,27)18-12-16(5-4-13(18)2)19-22-20(29-23-19)14-6-7-14/h4-5,8-12,14,24H,3,6-7H2,1-2H3. The van der Waals surface area contributed by atoms with E-state index in [0.29, 0.717) is 40.0 Å². The van der Waals surface area contributed by atoms with Crippen molar-refractivity contribution in [2.75, 3.05) is 11.3 Å². The number of benzene rings is 2. The molecule has 8 nitrogen and oxygen atoms in total. The lowest BCUT2D eigenvalue weighted by Gasteiger charge is -2.11. The topological polar surface area (TPSA) is 111 Å². The average molecular weight is 427 g/mol. The summed E-state index contributed by atoms with van der Waals surface area (Å²) in [6.45, 7) is 3.71. The minimum absolute atomic E-state index is 0.118. The van der Waals surface area contributed by atoms with E-state index in [-0.39, 0.29) is 11.5 Å². The molecule has 1 aliphatic carbocycles. The van der Waals surface area contributed by atoms with Gasteiger partial charge in [0, 0.05) is 17.2 Å². The van der Waals surface area contributed by atoms with Crippen LogP contribution in [0.3, 0.4) is 0 Å². The van der Waals surface area contributed by atoms with E-state index in [2.05, 4.69) is 14.9 Å². The molecule has 0 amide bonds. The summed E-state index contributed by atoms with van der Waals surface area (Å²) in [4.78, 5) is 16.2. The summed E-state index contributed by atoms with van der Waals surface area (Å²) in [6.07, 6.45) is 2.07. The summed E-state index contributed by atoms with van der Waals surface area (Å²) in [7, 11) is -3.87. The number of nitrogens with zero attached hydrogens (tertiary/aromatic N) is 2. The number of aryl methyl sites for hydroxylation is 1. The molecule has 1 aliphatic rings. The molecule has 0 unspecified atom stereocenters. The first-order valence-electron chi connectivity index (χ1n) is 9.62. The van der Waals surface area contributed by atoms with Gasteiger partial charge in [0.2, 0.25) is 11.7 Å². The van der Waals surface area contributed by atoms with Gasteiger partial charge in [0.1, 0.15) is 0 Å². The first kappa shape index (κ1) is 20.1. The zero-order chi connectivity index (χ0) is 21.3. The highest BCUT2D eigenvalue weighted by Gasteiger charge is 2.30. The molecule has 0 atom stereocenters. The average Bonchev–Trinajstić information content (AvgIpc) is 3.45. The summed E-state index contributed by atoms with van der Waals surface area (Å²) < 4.78 is 38.7. The number of carbonyl (C=O) groups is 1. The van der Waals surface area contributed by atoms with Crippen LogP contribution in [-0.4, -0.2) is 31.1 Å². The van der Waals surface area contributed by atoms with Gasteiger partial charge in [-0.25, -0.2) is 13.2 Å². The lowest BCUT2D eigenvalue weighted by atomic mass is 10.1. The van der Waals surface area contributed by atoms with Crippen molar-refractivity contribution in [1.82, 2.24) is 10.1 Å². The molecule has 30 heavy (non-hydrogen) atoms. The number of hydrogen-bond acceptors (Lipinski definition) is 7. The highest BCUT2D eigenvalue weighted by molar-refractivity contribution is 7.92. The maximum atomic E-state index is 13.0. The van der Waals surface area contributed by atoms with Crippen LogP contribution in [0.1, 0.15) is 47.5 Å². The second-order valence-electron chi connectivity index (χ2n) is 7.11. The van der Waals surface area contributed by atoms with Gasteiger partial charge in [-0.2, -0.15) is 4.98 Å². The van der Waals surface area contributed by atoms with Crippen LogP contribution in [0.15, 0.2) is 51.9 Å². The number of carbonyl (C=O) groups excluding carboxylic acids is 1. The highest BCUT2D eigenvalue weighted by Crippen LogP contribution is 2.39. The van der Waals surface area contributed by atoms with Gasteiger partial charge in [-0.15, -0.1) is 0 Å². The second-order valence-corrected chi connectivity index (χ2v) is 8.76. The Morgan fingerprint density at radius 3 is 2.60 bits per heavy atom. The van der Waals surface area contributed by atoms with Crippen LogP contribution >= 0.6 is 0 Å². The van der Waals surface area contributed by atoms with Crippen molar-refractivity contribution in [3.63, 3.8) is 0 Å². The van der Waals surface area contributed by atoms with Crippen LogP contribution in [0.25, 0.3) is 11.4 Å². The van der Waals surface area contributed by atoms with Gasteiger partial charge in [-0.3, -0.25) is 4.72 Å². The fourth-order valence-electron chi connectivity index (χ4n) is 2.98. The number of nitrogens with one attached hydrogen (secondary N) is 1. The molecule has 3 aromatic rings. The van der Waals surface area contributed by atoms with E-state index in [1.54, 1.807) is 26.0 Å². The Labute approximate surface area is 174 Å². The molecule has 1 heterocycles. The predicted octanol–water partition coefficient (Wildman–Crippen LogP) is 3.90. The summed E-state index contributed by atoms with van der Waals surface area (Å²) in [5.41, 5.74) is 1.83. The molecular weight excluding hydrogens is 406 g/mol. The number of sulfonamides is 1. The van der Waals surface area contributed by atoms with Crippen LogP contribution in [0.4, 0.5) is 5.69 Å². The van der Waals surface area contributed by atoms with Crippen LogP contribution in [0.5, 0.6) is 0 Å². The van der Waals surface area contributed by atoms with Gasteiger partial charge in [-0.1, -0.05) is 17.3 Å². The van der Waals surface area contributed by atoms with Gasteiger partial charge in [0.25, 0.3) is 10.0 Å². The Bertz CT molecular complexity index is 1180. The SMILES string of the molecule is CCOC(=O)c1ccc(NS(=O)(=O)c2cc(-c3noc(C4CC4)n3)ccc2C)cc1. The monoisotopic (exact) mass is 427 g/mol. The number of rotatable bonds is 7. The normalized spacial score (nSPS) is 13.8. The Hall–Kier alpha value is -3.20. The Morgan fingerprint density at radius 1 is 1.20 bits per heavy atom. The van der Waals surface area contributed by atoms with Crippen LogP contribution in [-0.2, 0) is 14.8 Å². The molecule has 2 aromatic carbocycles. The Morgan fingerprint density at radius 2 is 1.93 bits per heavy atom. The molecule has 0 saturated heterocycles. The van der Waals surface area contributed by atoms with E-state index in [0.717, 1.165) is 12.8 Å². The van der Waals surface area contributed by atoms with Crippen molar-refractivity contribution >= 4 is 21.7 Å². The molecule has 156 valence electrons. The highest BCUT2D eigenvalue weighted by atomic mass is 32.2. The third-order valence-corrected chi connectivity index (χ3v) is 6.28. The molecule has 1 saturated carbocycles. The van der Waals surface area contributed by atoms with E-state index < -0.39 is 16.0 Å². The van der Waals surface area contributed by atoms with Crippen LogP contribution in [0, 0.1) is 6.92 Å². The largest absolute Gasteiger partial charge is 0.462 e. The Balaban J connectivity index is 1.58. The van der Waals surface area contributed by atoms with E-state index in [1.807, 2.05) is 0 Å². The Kier molecular flexibility index (Phi) is 5.29. The van der Waals surface area contributed by atoms with Crippen molar-refractivity contribution in [3.8, 4) is 11.4 Å². The van der Waals surface area contributed by atoms with Gasteiger partial charge in [-0.05, 0) is 62.6 Å². The molecule has 0 aliphatic heterocycles. The molecule has 0 radical (unpaired) electrons. The molecule has 0 spiro atoms. The first-order chi connectivity index (χ1) is 14.4. The van der Waals surface area contributed by atoms with E-state index >= 15 is 0 Å². The van der Waals surface area contributed by atoms with E-state index in [9.17, 15) is 13.2 Å². The third kappa shape index (κ3) is 4.20. The van der Waals surface area contributed by atoms with Gasteiger partial charge < -0.3 is 9.26 Å². The number of hydrogen-bond donors (Lipinski definition) is 1. The smallest absolute Gasteiger partial charge is 0.338 e. The summed E-state index contributed by atoms with van der Waals surface area (Å²) in [5, 5.41) is 3.98. The molecule has 9 heteroatoms.